The van der Waals surface area contributed by atoms with E-state index in [1.165, 1.54) is 12.1 Å². The number of carbonyl (C=O) groups excluding carboxylic acids is 1. The van der Waals surface area contributed by atoms with Crippen molar-refractivity contribution < 1.29 is 51.3 Å². The maximum Gasteiger partial charge on any atom is 0.390 e. The van der Waals surface area contributed by atoms with Crippen LogP contribution in [0.25, 0.3) is 46.0 Å². The van der Waals surface area contributed by atoms with Gasteiger partial charge in [-0.25, -0.2) is 14.8 Å². The number of carbonyl (C=O) groups is 2. The van der Waals surface area contributed by atoms with Crippen molar-refractivity contribution in [2.24, 2.45) is 0 Å². The van der Waals surface area contributed by atoms with Crippen LogP contribution < -0.4 is 10.6 Å². The van der Waals surface area contributed by atoms with Gasteiger partial charge in [0.1, 0.15) is 0 Å². The first-order chi connectivity index (χ1) is 29.4. The second-order valence-corrected chi connectivity index (χ2v) is 14.3. The summed E-state index contributed by atoms with van der Waals surface area (Å²) in [5.41, 5.74) is 8.44. The molecule has 11 nitrogen and oxygen atoms in total. The molecule has 4 aromatic heterocycles. The normalized spacial score (nSPS) is 12.0. The molecule has 0 aliphatic carbocycles. The van der Waals surface area contributed by atoms with Gasteiger partial charge in [0.05, 0.1) is 66.8 Å². The van der Waals surface area contributed by atoms with Crippen LogP contribution in [-0.4, -0.2) is 84.5 Å². The number of anilines is 2. The smallest absolute Gasteiger partial charge is 0.390 e. The minimum absolute atomic E-state index is 0.0993. The average molecular weight is 865 g/mol. The molecule has 0 saturated carbocycles. The van der Waals surface area contributed by atoms with E-state index in [1.807, 2.05) is 32.2 Å². The number of pyridine rings is 2. The van der Waals surface area contributed by atoms with Gasteiger partial charge in [0, 0.05) is 48.6 Å². The quantitative estimate of drug-likeness (QED) is 0.0473. The number of aliphatic hydroxyl groups is 2. The Labute approximate surface area is 353 Å². The molecule has 0 fully saturated rings. The van der Waals surface area contributed by atoms with Crippen LogP contribution in [-0.2, 0) is 0 Å². The van der Waals surface area contributed by atoms with Crippen molar-refractivity contribution in [1.29, 1.82) is 0 Å². The zero-order valence-electron chi connectivity index (χ0n) is 34.1. The third-order valence-corrected chi connectivity index (χ3v) is 9.59. The van der Waals surface area contributed by atoms with E-state index < -0.39 is 31.2 Å². The highest BCUT2D eigenvalue weighted by Gasteiger charge is 2.27. The Hall–Kier alpha value is -6.46. The van der Waals surface area contributed by atoms with E-state index in [0.29, 0.717) is 57.0 Å². The van der Waals surface area contributed by atoms with E-state index >= 15 is 0 Å². The van der Waals surface area contributed by atoms with E-state index in [2.05, 4.69) is 20.6 Å². The number of benzene rings is 2. The third-order valence-electron chi connectivity index (χ3n) is 9.59. The number of aliphatic hydroxyl groups excluding tert-OH is 2. The highest BCUT2D eigenvalue weighted by molar-refractivity contribution is 5.98. The summed E-state index contributed by atoms with van der Waals surface area (Å²) in [6.45, 7) is 4.62. The number of halogens is 6. The lowest BCUT2D eigenvalue weighted by atomic mass is 9.98. The van der Waals surface area contributed by atoms with Gasteiger partial charge in [-0.1, -0.05) is 49.4 Å². The van der Waals surface area contributed by atoms with Crippen LogP contribution in [0.1, 0.15) is 75.6 Å². The first kappa shape index (κ1) is 46.6. The molecule has 0 bridgehead atoms. The third kappa shape index (κ3) is 12.1. The van der Waals surface area contributed by atoms with Gasteiger partial charge >= 0.3 is 18.3 Å². The number of hydrogen-bond donors (Lipinski definition) is 5. The van der Waals surface area contributed by atoms with Gasteiger partial charge in [-0.2, -0.15) is 26.3 Å². The van der Waals surface area contributed by atoms with Crippen LogP contribution in [0.15, 0.2) is 85.5 Å². The predicted octanol–water partition coefficient (Wildman–Crippen LogP) is 10.0. The monoisotopic (exact) mass is 864 g/mol. The summed E-state index contributed by atoms with van der Waals surface area (Å²) in [6.07, 6.45) is 3.99. The van der Waals surface area contributed by atoms with E-state index in [-0.39, 0.29) is 37.6 Å². The number of ketones is 1. The standard InChI is InChI=1S/C24H26F3N3O2.C21H20F3N3O3/c1-3-5-22(32)19-8-7-18(12-16(19)2)21-14-29-23-20(28-10-9-24(25,26)27)13-17(6-4-11-31)15-30(21)23;1-13-9-15(4-5-16(13)20(29)30)18-11-26-19-17(25-7-6-21(22,23)24)10-14(3-2-8-28)12-27(18)19/h4,6-8,12-15,28,31H,3,5,9-11H2,1-2H3;2-5,9-12,25,28H,6-8H2,1H3,(H,29,30)/b6-4-;3-2-. The Bertz CT molecular complexity index is 2590. The lowest BCUT2D eigenvalue weighted by Gasteiger charge is -2.12. The van der Waals surface area contributed by atoms with E-state index in [0.717, 1.165) is 28.8 Å². The van der Waals surface area contributed by atoms with Crippen LogP contribution in [0.4, 0.5) is 37.7 Å². The van der Waals surface area contributed by atoms with Crippen LogP contribution in [0.3, 0.4) is 0 Å². The molecule has 4 heterocycles. The molecule has 0 amide bonds. The summed E-state index contributed by atoms with van der Waals surface area (Å²) in [7, 11) is 0. The van der Waals surface area contributed by atoms with Gasteiger partial charge in [0.15, 0.2) is 17.1 Å². The SMILES string of the molecule is CCCC(=O)c1ccc(-c2cnc3c(NCCC(F)(F)F)cc(/C=C\CO)cn23)cc1C.Cc1cc(-c2cnc3c(NCCC(F)(F)F)cc(/C=C\CO)cn23)ccc1C(=O)O. The van der Waals surface area contributed by atoms with Gasteiger partial charge in [0.2, 0.25) is 0 Å². The number of alkyl halides is 6. The van der Waals surface area contributed by atoms with Crippen molar-refractivity contribution in [3.05, 3.63) is 119 Å². The molecule has 328 valence electrons. The molecule has 0 spiro atoms. The van der Waals surface area contributed by atoms with Crippen molar-refractivity contribution in [2.75, 3.05) is 36.9 Å². The molecular weight excluding hydrogens is 819 g/mol. The van der Waals surface area contributed by atoms with Crippen LogP contribution in [0.5, 0.6) is 0 Å². The molecule has 0 aliphatic heterocycles. The summed E-state index contributed by atoms with van der Waals surface area (Å²) in [5.74, 6) is -0.924. The zero-order valence-corrected chi connectivity index (χ0v) is 34.1. The highest BCUT2D eigenvalue weighted by atomic mass is 19.4. The molecule has 62 heavy (non-hydrogen) atoms. The number of fused-ring (bicyclic) bond motifs is 2. The van der Waals surface area contributed by atoms with Gasteiger partial charge in [-0.3, -0.25) is 13.6 Å². The summed E-state index contributed by atoms with van der Waals surface area (Å²) in [6, 6.07) is 13.8. The highest BCUT2D eigenvalue weighted by Crippen LogP contribution is 2.31. The number of carboxylic acids is 1. The number of Topliss-reactive ketones (excluding diaryl/α,β-unsaturated/α-hetero) is 1. The van der Waals surface area contributed by atoms with Crippen LogP contribution >= 0.6 is 0 Å². The Morgan fingerprint density at radius 3 is 1.50 bits per heavy atom. The number of nitrogens with zero attached hydrogens (tertiary/aromatic N) is 4. The van der Waals surface area contributed by atoms with Crippen molar-refractivity contribution >= 4 is 46.6 Å². The van der Waals surface area contributed by atoms with Gasteiger partial charge < -0.3 is 26.0 Å². The predicted molar refractivity (Wildman–Crippen MR) is 227 cm³/mol. The van der Waals surface area contributed by atoms with Gasteiger partial charge in [-0.15, -0.1) is 0 Å². The number of aryl methyl sites for hydroxylation is 2. The van der Waals surface area contributed by atoms with Crippen molar-refractivity contribution in [1.82, 2.24) is 18.8 Å². The summed E-state index contributed by atoms with van der Waals surface area (Å²) >= 11 is 0. The fourth-order valence-corrected chi connectivity index (χ4v) is 6.70. The molecule has 0 unspecified atom stereocenters. The second kappa shape index (κ2) is 20.4. The second-order valence-electron chi connectivity index (χ2n) is 14.3. The molecule has 5 N–H and O–H groups in total. The van der Waals surface area contributed by atoms with Crippen molar-refractivity contribution in [2.45, 2.75) is 58.8 Å². The number of hydrogen-bond acceptors (Lipinski definition) is 8. The summed E-state index contributed by atoms with van der Waals surface area (Å²) < 4.78 is 78.9. The van der Waals surface area contributed by atoms with E-state index in [1.54, 1.807) is 82.9 Å². The maximum atomic E-state index is 12.6. The lowest BCUT2D eigenvalue weighted by Crippen LogP contribution is -2.15. The lowest BCUT2D eigenvalue weighted by molar-refractivity contribution is -0.132. The average Bonchev–Trinajstić information content (AvgIpc) is 3.83. The first-order valence-corrected chi connectivity index (χ1v) is 19.6. The molecule has 2 aromatic carbocycles. The van der Waals surface area contributed by atoms with Gasteiger partial charge in [-0.05, 0) is 72.9 Å². The molecule has 0 saturated heterocycles. The first-order valence-electron chi connectivity index (χ1n) is 19.6. The molecule has 6 rings (SSSR count). The van der Waals surface area contributed by atoms with E-state index in [4.69, 9.17) is 10.2 Å². The van der Waals surface area contributed by atoms with Crippen molar-refractivity contribution in [3.63, 3.8) is 0 Å². The zero-order chi connectivity index (χ0) is 45.2. The number of rotatable bonds is 16. The number of aromatic carboxylic acids is 1. The van der Waals surface area contributed by atoms with Gasteiger partial charge in [0.25, 0.3) is 0 Å². The van der Waals surface area contributed by atoms with Crippen LogP contribution in [0.2, 0.25) is 0 Å². The minimum Gasteiger partial charge on any atom is -0.478 e. The van der Waals surface area contributed by atoms with E-state index in [9.17, 15) is 41.0 Å². The molecule has 0 radical (unpaired) electrons. The Morgan fingerprint density at radius 1 is 0.694 bits per heavy atom. The van der Waals surface area contributed by atoms with Crippen molar-refractivity contribution in [3.8, 4) is 22.5 Å². The fraction of sp³-hybridized carbons (Fsp3) is 0.289. The maximum absolute atomic E-state index is 12.6. The Morgan fingerprint density at radius 2 is 1.13 bits per heavy atom. The fourth-order valence-electron chi connectivity index (χ4n) is 6.70. The Balaban J connectivity index is 0.000000235. The number of nitrogens with one attached hydrogen (secondary N) is 2. The summed E-state index contributed by atoms with van der Waals surface area (Å²) in [4.78, 5) is 32.3. The number of aromatic nitrogens is 4. The Kier molecular flexibility index (Phi) is 15.3. The molecular formula is C45H46F6N6O5. The molecule has 17 heteroatoms. The number of carboxylic acid groups (broad SMARTS) is 1. The molecule has 0 aliphatic rings. The summed E-state index contributed by atoms with van der Waals surface area (Å²) in [5, 5.41) is 33.0. The minimum atomic E-state index is -4.28. The molecule has 6 aromatic rings. The molecule has 0 atom stereocenters. The largest absolute Gasteiger partial charge is 0.478 e. The topological polar surface area (TPSA) is 153 Å². The number of imidazole rings is 2. The van der Waals surface area contributed by atoms with Crippen LogP contribution in [0, 0.1) is 13.8 Å².